The number of hydrogen-bond acceptors (Lipinski definition) is 2. The standard InChI is InChI=1S/C27H29FN2/c28-24-14-8-7-13-23(24)19-29-26-22-15-17-30(18-16-22)27(26)25(20-9-3-1-4-10-20)21-11-5-2-6-12-21/h1-14,22,25-27,29H,15-19H2/t26-,27-/m1/s1. The van der Waals surface area contributed by atoms with Crippen LogP contribution in [0.5, 0.6) is 0 Å². The van der Waals surface area contributed by atoms with E-state index in [9.17, 15) is 4.39 Å². The third-order valence-corrected chi connectivity index (χ3v) is 7.02. The molecule has 0 saturated carbocycles. The summed E-state index contributed by atoms with van der Waals surface area (Å²) in [4.78, 5) is 2.67. The average molecular weight is 401 g/mol. The van der Waals surface area contributed by atoms with E-state index in [1.807, 2.05) is 12.1 Å². The summed E-state index contributed by atoms with van der Waals surface area (Å²) in [6.07, 6.45) is 2.45. The van der Waals surface area contributed by atoms with E-state index in [-0.39, 0.29) is 5.82 Å². The van der Waals surface area contributed by atoms with Crippen molar-refractivity contribution in [2.75, 3.05) is 13.1 Å². The normalized spacial score (nSPS) is 25.5. The molecule has 3 aliphatic heterocycles. The third kappa shape index (κ3) is 3.80. The van der Waals surface area contributed by atoms with E-state index in [0.29, 0.717) is 30.5 Å². The highest BCUT2D eigenvalue weighted by Gasteiger charge is 2.46. The summed E-state index contributed by atoms with van der Waals surface area (Å²) in [7, 11) is 0. The molecule has 6 rings (SSSR count). The van der Waals surface area contributed by atoms with Crippen LogP contribution in [0.25, 0.3) is 0 Å². The molecule has 0 aromatic heterocycles. The van der Waals surface area contributed by atoms with E-state index in [2.05, 4.69) is 70.9 Å². The van der Waals surface area contributed by atoms with Gasteiger partial charge in [0.05, 0.1) is 0 Å². The van der Waals surface area contributed by atoms with Crippen molar-refractivity contribution in [1.29, 1.82) is 0 Å². The summed E-state index contributed by atoms with van der Waals surface area (Å²) in [5.74, 6) is 0.820. The summed E-state index contributed by atoms with van der Waals surface area (Å²) in [6, 6.07) is 29.6. The predicted molar refractivity (Wildman–Crippen MR) is 120 cm³/mol. The van der Waals surface area contributed by atoms with Gasteiger partial charge in [-0.05, 0) is 49.0 Å². The molecule has 0 aliphatic carbocycles. The molecule has 3 heteroatoms. The second-order valence-corrected chi connectivity index (χ2v) is 8.66. The minimum Gasteiger partial charge on any atom is -0.308 e. The van der Waals surface area contributed by atoms with E-state index in [4.69, 9.17) is 0 Å². The van der Waals surface area contributed by atoms with E-state index in [1.54, 1.807) is 12.1 Å². The lowest BCUT2D eigenvalue weighted by atomic mass is 9.70. The van der Waals surface area contributed by atoms with Gasteiger partial charge in [0.15, 0.2) is 0 Å². The Labute approximate surface area is 178 Å². The fourth-order valence-electron chi connectivity index (χ4n) is 5.57. The van der Waals surface area contributed by atoms with Crippen molar-refractivity contribution in [3.05, 3.63) is 107 Å². The Morgan fingerprint density at radius 3 is 1.97 bits per heavy atom. The Morgan fingerprint density at radius 1 is 0.800 bits per heavy atom. The number of benzene rings is 3. The molecule has 3 heterocycles. The Hall–Kier alpha value is -2.49. The first-order valence-electron chi connectivity index (χ1n) is 11.1. The highest BCUT2D eigenvalue weighted by atomic mass is 19.1. The highest BCUT2D eigenvalue weighted by Crippen LogP contribution is 2.42. The highest BCUT2D eigenvalue weighted by molar-refractivity contribution is 5.36. The molecular formula is C27H29FN2. The van der Waals surface area contributed by atoms with Crippen LogP contribution in [0.2, 0.25) is 0 Å². The monoisotopic (exact) mass is 400 g/mol. The Bertz CT molecular complexity index is 911. The first kappa shape index (κ1) is 19.5. The fraction of sp³-hybridized carbons (Fsp3) is 0.333. The molecule has 154 valence electrons. The zero-order valence-corrected chi connectivity index (χ0v) is 17.3. The SMILES string of the molecule is Fc1ccccc1CN[C@@H]1C2CCN(CC2)[C@@H]1C(c1ccccc1)c1ccccc1. The Balaban J connectivity index is 1.50. The van der Waals surface area contributed by atoms with E-state index in [1.165, 1.54) is 24.0 Å². The van der Waals surface area contributed by atoms with Crippen LogP contribution in [0.4, 0.5) is 4.39 Å². The van der Waals surface area contributed by atoms with Crippen molar-refractivity contribution in [1.82, 2.24) is 10.2 Å². The van der Waals surface area contributed by atoms with E-state index < -0.39 is 0 Å². The molecule has 3 saturated heterocycles. The smallest absolute Gasteiger partial charge is 0.127 e. The molecule has 3 aromatic carbocycles. The molecule has 0 spiro atoms. The van der Waals surface area contributed by atoms with Gasteiger partial charge in [0.25, 0.3) is 0 Å². The molecule has 3 aliphatic rings. The predicted octanol–water partition coefficient (Wildman–Crippen LogP) is 5.21. The van der Waals surface area contributed by atoms with Gasteiger partial charge in [0, 0.05) is 30.1 Å². The number of nitrogens with zero attached hydrogens (tertiary/aromatic N) is 1. The van der Waals surface area contributed by atoms with Crippen LogP contribution in [0, 0.1) is 11.7 Å². The van der Waals surface area contributed by atoms with Gasteiger partial charge in [-0.25, -0.2) is 4.39 Å². The maximum atomic E-state index is 14.3. The summed E-state index contributed by atoms with van der Waals surface area (Å²) < 4.78 is 14.3. The van der Waals surface area contributed by atoms with Gasteiger partial charge in [-0.15, -0.1) is 0 Å². The van der Waals surface area contributed by atoms with Crippen LogP contribution in [-0.2, 0) is 6.54 Å². The lowest BCUT2D eigenvalue weighted by molar-refractivity contribution is 0.00459. The van der Waals surface area contributed by atoms with Crippen LogP contribution in [0.15, 0.2) is 84.9 Å². The van der Waals surface area contributed by atoms with Crippen LogP contribution in [0.3, 0.4) is 0 Å². The molecule has 1 N–H and O–H groups in total. The molecular weight excluding hydrogens is 371 g/mol. The lowest BCUT2D eigenvalue weighted by Crippen LogP contribution is -2.64. The van der Waals surface area contributed by atoms with Crippen molar-refractivity contribution in [2.45, 2.75) is 37.4 Å². The van der Waals surface area contributed by atoms with Crippen molar-refractivity contribution >= 4 is 0 Å². The van der Waals surface area contributed by atoms with E-state index >= 15 is 0 Å². The molecule has 2 atom stereocenters. The summed E-state index contributed by atoms with van der Waals surface area (Å²) >= 11 is 0. The van der Waals surface area contributed by atoms with Crippen molar-refractivity contribution in [3.63, 3.8) is 0 Å². The number of piperidine rings is 3. The van der Waals surface area contributed by atoms with Gasteiger partial charge in [-0.2, -0.15) is 0 Å². The third-order valence-electron chi connectivity index (χ3n) is 7.02. The maximum Gasteiger partial charge on any atom is 0.127 e. The van der Waals surface area contributed by atoms with Gasteiger partial charge in [-0.3, -0.25) is 4.90 Å². The van der Waals surface area contributed by atoms with Crippen LogP contribution in [-0.4, -0.2) is 30.1 Å². The van der Waals surface area contributed by atoms with Gasteiger partial charge >= 0.3 is 0 Å². The number of hydrogen-bond donors (Lipinski definition) is 1. The zero-order valence-electron chi connectivity index (χ0n) is 17.3. The van der Waals surface area contributed by atoms with Crippen LogP contribution < -0.4 is 5.32 Å². The van der Waals surface area contributed by atoms with E-state index in [0.717, 1.165) is 18.7 Å². The molecule has 3 fully saturated rings. The second-order valence-electron chi connectivity index (χ2n) is 8.66. The minimum atomic E-state index is -0.120. The van der Waals surface area contributed by atoms with Crippen molar-refractivity contribution in [2.24, 2.45) is 5.92 Å². The Kier molecular flexibility index (Phi) is 5.65. The molecule has 0 unspecified atom stereocenters. The number of rotatable bonds is 6. The summed E-state index contributed by atoms with van der Waals surface area (Å²) in [6.45, 7) is 2.89. The Morgan fingerprint density at radius 2 is 1.37 bits per heavy atom. The first-order valence-corrected chi connectivity index (χ1v) is 11.1. The second kappa shape index (κ2) is 8.71. The fourth-order valence-corrected chi connectivity index (χ4v) is 5.57. The molecule has 0 amide bonds. The summed E-state index contributed by atoms with van der Waals surface area (Å²) in [5, 5.41) is 3.80. The van der Waals surface area contributed by atoms with Gasteiger partial charge < -0.3 is 5.32 Å². The topological polar surface area (TPSA) is 15.3 Å². The molecule has 0 radical (unpaired) electrons. The van der Waals surface area contributed by atoms with Crippen LogP contribution >= 0.6 is 0 Å². The molecule has 30 heavy (non-hydrogen) atoms. The van der Waals surface area contributed by atoms with Gasteiger partial charge in [0.1, 0.15) is 5.82 Å². The molecule has 2 bridgehead atoms. The average Bonchev–Trinajstić information content (AvgIpc) is 2.81. The van der Waals surface area contributed by atoms with Crippen molar-refractivity contribution in [3.8, 4) is 0 Å². The molecule has 2 nitrogen and oxygen atoms in total. The maximum absolute atomic E-state index is 14.3. The zero-order chi connectivity index (χ0) is 20.3. The number of nitrogens with one attached hydrogen (secondary N) is 1. The minimum absolute atomic E-state index is 0.120. The lowest BCUT2D eigenvalue weighted by Gasteiger charge is -2.54. The van der Waals surface area contributed by atoms with Crippen molar-refractivity contribution < 1.29 is 4.39 Å². The largest absolute Gasteiger partial charge is 0.308 e. The molecule has 3 aromatic rings. The summed E-state index contributed by atoms with van der Waals surface area (Å²) in [5.41, 5.74) is 3.47. The van der Waals surface area contributed by atoms with Gasteiger partial charge in [0.2, 0.25) is 0 Å². The quantitative estimate of drug-likeness (QED) is 0.611. The van der Waals surface area contributed by atoms with Crippen LogP contribution in [0.1, 0.15) is 35.4 Å². The van der Waals surface area contributed by atoms with Gasteiger partial charge in [-0.1, -0.05) is 78.9 Å². The number of halogens is 1. The number of fused-ring (bicyclic) bond motifs is 3. The first-order chi connectivity index (χ1) is 14.8.